The molecule has 17 heavy (non-hydrogen) atoms. The minimum absolute atomic E-state index is 0.220. The number of aromatic amines is 1. The number of nitrogens with zero attached hydrogens (tertiary/aromatic N) is 2. The van der Waals surface area contributed by atoms with E-state index < -0.39 is 11.9 Å². The molecule has 2 heterocycles. The number of carboxylic acid groups (broad SMARTS) is 1. The highest BCUT2D eigenvalue weighted by atomic mass is 16.4. The lowest BCUT2D eigenvalue weighted by molar-refractivity contribution is 0.0696. The van der Waals surface area contributed by atoms with Gasteiger partial charge in [0.05, 0.1) is 5.56 Å². The van der Waals surface area contributed by atoms with Gasteiger partial charge in [-0.25, -0.2) is 4.79 Å². The summed E-state index contributed by atoms with van der Waals surface area (Å²) in [4.78, 5) is 24.0. The number of primary amides is 1. The van der Waals surface area contributed by atoms with Crippen LogP contribution in [0.2, 0.25) is 0 Å². The Hall–Kier alpha value is -2.70. The van der Waals surface area contributed by atoms with Crippen LogP contribution >= 0.6 is 0 Å². The zero-order valence-corrected chi connectivity index (χ0v) is 8.70. The molecule has 0 aromatic carbocycles. The molecule has 0 fully saturated rings. The summed E-state index contributed by atoms with van der Waals surface area (Å²) in [6.07, 6.45) is 4.31. The first-order valence-corrected chi connectivity index (χ1v) is 4.53. The number of hydrogen-bond donors (Lipinski definition) is 3. The number of amides is 1. The zero-order chi connectivity index (χ0) is 12.7. The number of rotatable bonds is 2. The Balaban J connectivity index is 0.000000171. The van der Waals surface area contributed by atoms with E-state index in [0.717, 1.165) is 0 Å². The van der Waals surface area contributed by atoms with Gasteiger partial charge in [0.2, 0.25) is 0 Å². The molecule has 7 heteroatoms. The number of aromatic nitrogens is 3. The fraction of sp³-hybridized carbons (Fsp3) is 0. The fourth-order valence-corrected chi connectivity index (χ4v) is 0.882. The predicted octanol–water partition coefficient (Wildman–Crippen LogP) is 0.288. The van der Waals surface area contributed by atoms with Crippen LogP contribution in [-0.4, -0.2) is 32.2 Å². The molecular formula is C10H10N4O3. The van der Waals surface area contributed by atoms with Crippen LogP contribution in [0, 0.1) is 0 Å². The van der Waals surface area contributed by atoms with Crippen molar-refractivity contribution in [3.05, 3.63) is 48.0 Å². The van der Waals surface area contributed by atoms with Crippen molar-refractivity contribution in [1.82, 2.24) is 15.2 Å². The van der Waals surface area contributed by atoms with E-state index in [-0.39, 0.29) is 5.56 Å². The second-order valence-corrected chi connectivity index (χ2v) is 2.88. The molecule has 0 unspecified atom stereocenters. The molecule has 0 saturated heterocycles. The summed E-state index contributed by atoms with van der Waals surface area (Å²) < 4.78 is 0. The van der Waals surface area contributed by atoms with Crippen molar-refractivity contribution in [2.45, 2.75) is 0 Å². The Bertz CT molecular complexity index is 482. The lowest BCUT2D eigenvalue weighted by Gasteiger charge is -1.87. The van der Waals surface area contributed by atoms with Crippen LogP contribution in [-0.2, 0) is 0 Å². The van der Waals surface area contributed by atoms with Crippen molar-refractivity contribution in [2.24, 2.45) is 5.73 Å². The molecule has 1 amide bonds. The smallest absolute Gasteiger partial charge is 0.337 e. The molecule has 7 nitrogen and oxygen atoms in total. The Labute approximate surface area is 96.3 Å². The second kappa shape index (κ2) is 6.01. The lowest BCUT2D eigenvalue weighted by atomic mass is 10.3. The summed E-state index contributed by atoms with van der Waals surface area (Å²) in [5.74, 6) is -1.43. The molecule has 0 saturated carbocycles. The number of carbonyl (C=O) groups is 2. The van der Waals surface area contributed by atoms with E-state index in [2.05, 4.69) is 15.2 Å². The topological polar surface area (TPSA) is 122 Å². The summed E-state index contributed by atoms with van der Waals surface area (Å²) in [5.41, 5.74) is 5.41. The van der Waals surface area contributed by atoms with Gasteiger partial charge in [-0.15, -0.1) is 0 Å². The van der Waals surface area contributed by atoms with E-state index in [1.807, 2.05) is 0 Å². The van der Waals surface area contributed by atoms with Gasteiger partial charge in [-0.2, -0.15) is 5.10 Å². The number of hydrogen-bond acceptors (Lipinski definition) is 4. The van der Waals surface area contributed by atoms with Gasteiger partial charge in [0.25, 0.3) is 5.91 Å². The minimum atomic E-state index is -0.942. The van der Waals surface area contributed by atoms with Crippen LogP contribution in [0.3, 0.4) is 0 Å². The third kappa shape index (κ3) is 4.12. The minimum Gasteiger partial charge on any atom is -0.478 e. The third-order valence-corrected chi connectivity index (χ3v) is 1.67. The number of aromatic carboxylic acids is 1. The Morgan fingerprint density at radius 3 is 2.35 bits per heavy atom. The van der Waals surface area contributed by atoms with Crippen LogP contribution in [0.25, 0.3) is 0 Å². The van der Waals surface area contributed by atoms with Crippen molar-refractivity contribution in [3.8, 4) is 0 Å². The molecule has 2 aromatic rings. The third-order valence-electron chi connectivity index (χ3n) is 1.67. The van der Waals surface area contributed by atoms with Crippen LogP contribution in [0.1, 0.15) is 20.8 Å². The molecular weight excluding hydrogens is 224 g/mol. The van der Waals surface area contributed by atoms with E-state index >= 15 is 0 Å². The monoisotopic (exact) mass is 234 g/mol. The molecule has 88 valence electrons. The maximum absolute atomic E-state index is 10.2. The maximum atomic E-state index is 10.2. The van der Waals surface area contributed by atoms with Crippen molar-refractivity contribution in [2.75, 3.05) is 0 Å². The van der Waals surface area contributed by atoms with E-state index in [1.54, 1.807) is 6.07 Å². The molecule has 0 atom stereocenters. The normalized spacial score (nSPS) is 8.94. The second-order valence-electron chi connectivity index (χ2n) is 2.88. The van der Waals surface area contributed by atoms with Gasteiger partial charge < -0.3 is 10.8 Å². The van der Waals surface area contributed by atoms with Gasteiger partial charge >= 0.3 is 5.97 Å². The summed E-state index contributed by atoms with van der Waals surface area (Å²) in [5, 5.41) is 14.3. The zero-order valence-electron chi connectivity index (χ0n) is 8.70. The van der Waals surface area contributed by atoms with Gasteiger partial charge in [-0.3, -0.25) is 14.9 Å². The molecule has 0 aliphatic rings. The Morgan fingerprint density at radius 1 is 1.29 bits per heavy atom. The molecule has 0 bridgehead atoms. The van der Waals surface area contributed by atoms with Crippen molar-refractivity contribution < 1.29 is 14.7 Å². The molecule has 4 N–H and O–H groups in total. The first-order chi connectivity index (χ1) is 8.11. The van der Waals surface area contributed by atoms with Crippen molar-refractivity contribution in [3.63, 3.8) is 0 Å². The molecule has 2 aromatic heterocycles. The summed E-state index contributed by atoms with van der Waals surface area (Å²) in [6.45, 7) is 0. The number of carboxylic acids is 1. The highest BCUT2D eigenvalue weighted by Gasteiger charge is 1.98. The van der Waals surface area contributed by atoms with Gasteiger partial charge in [0.1, 0.15) is 5.69 Å². The van der Waals surface area contributed by atoms with Crippen LogP contribution in [0.15, 0.2) is 36.8 Å². The molecule has 2 rings (SSSR count). The first-order valence-electron chi connectivity index (χ1n) is 4.53. The van der Waals surface area contributed by atoms with Crippen LogP contribution in [0.4, 0.5) is 0 Å². The van der Waals surface area contributed by atoms with Gasteiger partial charge in [0.15, 0.2) is 0 Å². The number of pyridine rings is 1. The van der Waals surface area contributed by atoms with Gasteiger partial charge in [0, 0.05) is 18.6 Å². The highest BCUT2D eigenvalue weighted by molar-refractivity contribution is 5.90. The van der Waals surface area contributed by atoms with E-state index in [4.69, 9.17) is 10.8 Å². The SMILES string of the molecule is NC(=O)c1ccn[nH]1.O=C(O)c1cccnc1. The number of H-pyrrole nitrogens is 1. The van der Waals surface area contributed by atoms with Gasteiger partial charge in [-0.1, -0.05) is 0 Å². The largest absolute Gasteiger partial charge is 0.478 e. The summed E-state index contributed by atoms with van der Waals surface area (Å²) >= 11 is 0. The van der Waals surface area contributed by atoms with E-state index in [9.17, 15) is 9.59 Å². The number of nitrogens with one attached hydrogen (secondary N) is 1. The number of carbonyl (C=O) groups excluding carboxylic acids is 1. The van der Waals surface area contributed by atoms with Crippen molar-refractivity contribution in [1.29, 1.82) is 0 Å². The number of nitrogens with two attached hydrogens (primary N) is 1. The molecule has 0 spiro atoms. The maximum Gasteiger partial charge on any atom is 0.337 e. The summed E-state index contributed by atoms with van der Waals surface area (Å²) in [6, 6.07) is 4.60. The standard InChI is InChI=1S/C6H5NO2.C4H5N3O/c8-6(9)5-2-1-3-7-4-5;5-4(8)3-1-2-6-7-3/h1-4H,(H,8,9);1-2H,(H2,5,8)(H,6,7). The average molecular weight is 234 g/mol. The van der Waals surface area contributed by atoms with E-state index in [1.165, 1.54) is 30.7 Å². The first kappa shape index (κ1) is 12.4. The highest BCUT2D eigenvalue weighted by Crippen LogP contribution is 1.92. The van der Waals surface area contributed by atoms with Crippen LogP contribution < -0.4 is 5.73 Å². The van der Waals surface area contributed by atoms with Gasteiger partial charge in [-0.05, 0) is 18.2 Å². The predicted molar refractivity (Wildman–Crippen MR) is 58.3 cm³/mol. The van der Waals surface area contributed by atoms with Crippen LogP contribution in [0.5, 0.6) is 0 Å². The van der Waals surface area contributed by atoms with Crippen molar-refractivity contribution >= 4 is 11.9 Å². The quantitative estimate of drug-likeness (QED) is 0.689. The Kier molecular flexibility index (Phi) is 4.37. The molecule has 0 radical (unpaired) electrons. The summed E-state index contributed by atoms with van der Waals surface area (Å²) in [7, 11) is 0. The van der Waals surface area contributed by atoms with E-state index in [0.29, 0.717) is 5.69 Å². The molecule has 0 aliphatic heterocycles. The average Bonchev–Trinajstić information content (AvgIpc) is 2.84. The fourth-order valence-electron chi connectivity index (χ4n) is 0.882. The Morgan fingerprint density at radius 2 is 2.06 bits per heavy atom. The lowest BCUT2D eigenvalue weighted by Crippen LogP contribution is -2.10. The molecule has 0 aliphatic carbocycles.